The van der Waals surface area contributed by atoms with Gasteiger partial charge in [-0.05, 0) is 46.6 Å². The number of aromatic nitrogens is 2. The monoisotopic (exact) mass is 527 g/mol. The van der Waals surface area contributed by atoms with Gasteiger partial charge in [-0.1, -0.05) is 53.6 Å². The van der Waals surface area contributed by atoms with Crippen molar-refractivity contribution in [1.82, 2.24) is 9.66 Å². The number of hydrogen-bond acceptors (Lipinski definition) is 5. The molecule has 0 unspecified atom stereocenters. The number of rotatable bonds is 6. The minimum atomic E-state index is -0.651. The lowest BCUT2D eigenvalue weighted by atomic mass is 10.1. The smallest absolute Gasteiger partial charge is 0.349 e. The third-order valence-corrected chi connectivity index (χ3v) is 6.42. The minimum absolute atomic E-state index is 0.280. The predicted octanol–water partition coefficient (Wildman–Crippen LogP) is 4.88. The number of aromatic amines is 1. The van der Waals surface area contributed by atoms with E-state index < -0.39 is 11.2 Å². The highest BCUT2D eigenvalue weighted by Crippen LogP contribution is 2.42. The number of aryl methyl sites for hydroxylation is 1. The number of fused-ring (bicyclic) bond motifs is 1. The molecule has 0 aliphatic carbocycles. The van der Waals surface area contributed by atoms with Gasteiger partial charge in [0.2, 0.25) is 0 Å². The van der Waals surface area contributed by atoms with E-state index in [-0.39, 0.29) is 5.02 Å². The van der Waals surface area contributed by atoms with Crippen molar-refractivity contribution < 1.29 is 9.47 Å². The summed E-state index contributed by atoms with van der Waals surface area (Å²) in [5, 5.41) is 4.72. The predicted molar refractivity (Wildman–Crippen MR) is 133 cm³/mol. The van der Waals surface area contributed by atoms with Crippen LogP contribution < -0.4 is 20.7 Å². The molecule has 0 radical (unpaired) electrons. The zero-order chi connectivity index (χ0) is 23.5. The number of H-pyrrole nitrogens is 1. The van der Waals surface area contributed by atoms with E-state index in [4.69, 9.17) is 21.1 Å². The molecule has 0 saturated carbocycles. The molecular weight excluding hydrogens is 510 g/mol. The summed E-state index contributed by atoms with van der Waals surface area (Å²) in [6.45, 7) is 2.32. The first-order valence-electron chi connectivity index (χ1n) is 9.92. The van der Waals surface area contributed by atoms with Gasteiger partial charge in [0.25, 0.3) is 5.56 Å². The molecule has 7 nitrogen and oxygen atoms in total. The van der Waals surface area contributed by atoms with E-state index in [1.165, 1.54) is 13.3 Å². The Balaban J connectivity index is 1.68. The van der Waals surface area contributed by atoms with E-state index in [2.05, 4.69) is 26.0 Å². The van der Waals surface area contributed by atoms with Gasteiger partial charge in [-0.25, -0.2) is 4.79 Å². The maximum Gasteiger partial charge on any atom is 0.349 e. The van der Waals surface area contributed by atoms with Gasteiger partial charge < -0.3 is 14.5 Å². The van der Waals surface area contributed by atoms with Crippen LogP contribution >= 0.6 is 27.5 Å². The summed E-state index contributed by atoms with van der Waals surface area (Å²) in [6.07, 6.45) is 1.35. The average Bonchev–Trinajstić information content (AvgIpc) is 2.81. The number of nitrogens with zero attached hydrogens (tertiary/aromatic N) is 2. The second kappa shape index (κ2) is 9.64. The molecule has 0 aliphatic rings. The first kappa shape index (κ1) is 22.8. The molecule has 1 N–H and O–H groups in total. The quantitative estimate of drug-likeness (QED) is 0.361. The Morgan fingerprint density at radius 3 is 2.61 bits per heavy atom. The standard InChI is InChI=1S/C24H19BrClN3O4/c1-14-7-9-15(10-8-14)13-33-22-19(32-2)11-16(20(25)21(22)26)12-27-29-23(30)17-5-3-4-6-18(17)28-24(29)31/h3-12H,13H2,1-2H3,(H,28,31). The molecule has 4 aromatic rings. The minimum Gasteiger partial charge on any atom is -0.493 e. The Labute approximate surface area is 202 Å². The van der Waals surface area contributed by atoms with Gasteiger partial charge in [0.05, 0.1) is 24.2 Å². The molecule has 3 aromatic carbocycles. The second-order valence-electron chi connectivity index (χ2n) is 7.24. The van der Waals surface area contributed by atoms with Crippen LogP contribution in [0.3, 0.4) is 0 Å². The third-order valence-electron chi connectivity index (χ3n) is 4.98. The summed E-state index contributed by atoms with van der Waals surface area (Å²) < 4.78 is 12.6. The molecule has 0 amide bonds. The van der Waals surface area contributed by atoms with Crippen molar-refractivity contribution in [2.45, 2.75) is 13.5 Å². The van der Waals surface area contributed by atoms with Crippen molar-refractivity contribution in [2.75, 3.05) is 7.11 Å². The van der Waals surface area contributed by atoms with Crippen LogP contribution in [0.1, 0.15) is 16.7 Å². The lowest BCUT2D eigenvalue weighted by Gasteiger charge is -2.15. The molecule has 0 saturated heterocycles. The number of nitrogens with one attached hydrogen (secondary N) is 1. The number of hydrogen-bond donors (Lipinski definition) is 1. The molecule has 168 valence electrons. The summed E-state index contributed by atoms with van der Waals surface area (Å²) in [6, 6.07) is 16.3. The molecular formula is C24H19BrClN3O4. The van der Waals surface area contributed by atoms with E-state index >= 15 is 0 Å². The Kier molecular flexibility index (Phi) is 6.67. The summed E-state index contributed by atoms with van der Waals surface area (Å²) in [5.74, 6) is 0.751. The maximum atomic E-state index is 12.7. The number of ether oxygens (including phenoxy) is 2. The molecule has 0 bridgehead atoms. The highest BCUT2D eigenvalue weighted by molar-refractivity contribution is 9.10. The van der Waals surface area contributed by atoms with E-state index in [0.29, 0.717) is 39.0 Å². The van der Waals surface area contributed by atoms with Crippen LogP contribution in [0.25, 0.3) is 10.9 Å². The van der Waals surface area contributed by atoms with E-state index in [1.807, 2.05) is 31.2 Å². The van der Waals surface area contributed by atoms with Crippen molar-refractivity contribution in [3.63, 3.8) is 0 Å². The van der Waals surface area contributed by atoms with E-state index in [9.17, 15) is 9.59 Å². The average molecular weight is 529 g/mol. The largest absolute Gasteiger partial charge is 0.493 e. The number of benzene rings is 3. The highest BCUT2D eigenvalue weighted by Gasteiger charge is 2.17. The zero-order valence-electron chi connectivity index (χ0n) is 17.8. The van der Waals surface area contributed by atoms with E-state index in [1.54, 1.807) is 30.3 Å². The van der Waals surface area contributed by atoms with Gasteiger partial charge in [0.15, 0.2) is 11.5 Å². The molecule has 0 spiro atoms. The molecule has 0 atom stereocenters. The summed E-state index contributed by atoms with van der Waals surface area (Å²) >= 11 is 9.99. The zero-order valence-corrected chi connectivity index (χ0v) is 20.1. The molecule has 1 heterocycles. The number of methoxy groups -OCH3 is 1. The van der Waals surface area contributed by atoms with Crippen LogP contribution in [-0.4, -0.2) is 23.0 Å². The van der Waals surface area contributed by atoms with Crippen molar-refractivity contribution in [3.05, 3.63) is 102 Å². The fourth-order valence-corrected chi connectivity index (χ4v) is 3.86. The summed E-state index contributed by atoms with van der Waals surface area (Å²) in [7, 11) is 1.50. The van der Waals surface area contributed by atoms with Gasteiger partial charge in [0.1, 0.15) is 11.6 Å². The fourth-order valence-electron chi connectivity index (χ4n) is 3.20. The van der Waals surface area contributed by atoms with Gasteiger partial charge >= 0.3 is 5.69 Å². The van der Waals surface area contributed by atoms with Crippen LogP contribution in [0.2, 0.25) is 5.02 Å². The highest BCUT2D eigenvalue weighted by atomic mass is 79.9. The van der Waals surface area contributed by atoms with Crippen molar-refractivity contribution in [1.29, 1.82) is 0 Å². The molecule has 4 rings (SSSR count). The first-order chi connectivity index (χ1) is 15.9. The van der Waals surface area contributed by atoms with Crippen molar-refractivity contribution >= 4 is 44.6 Å². The van der Waals surface area contributed by atoms with Crippen LogP contribution in [0.4, 0.5) is 0 Å². The third kappa shape index (κ3) is 4.72. The number of para-hydroxylation sites is 1. The topological polar surface area (TPSA) is 85.7 Å². The Bertz CT molecular complexity index is 1480. The van der Waals surface area contributed by atoms with Gasteiger partial charge in [-0.2, -0.15) is 5.10 Å². The number of halogens is 2. The van der Waals surface area contributed by atoms with Crippen molar-refractivity contribution in [2.24, 2.45) is 5.10 Å². The molecule has 1 aromatic heterocycles. The summed E-state index contributed by atoms with van der Waals surface area (Å²) in [5.41, 5.74) is 1.90. The lowest BCUT2D eigenvalue weighted by molar-refractivity contribution is 0.284. The van der Waals surface area contributed by atoms with Gasteiger partial charge in [-0.3, -0.25) is 4.79 Å². The fraction of sp³-hybridized carbons (Fsp3) is 0.125. The van der Waals surface area contributed by atoms with Gasteiger partial charge in [0, 0.05) is 10.0 Å². The van der Waals surface area contributed by atoms with Crippen LogP contribution in [0, 0.1) is 6.92 Å². The molecule has 9 heteroatoms. The molecule has 33 heavy (non-hydrogen) atoms. The normalized spacial score (nSPS) is 11.3. The van der Waals surface area contributed by atoms with Crippen LogP contribution in [0.5, 0.6) is 11.5 Å². The maximum absolute atomic E-state index is 12.7. The first-order valence-corrected chi connectivity index (χ1v) is 11.1. The van der Waals surface area contributed by atoms with Crippen molar-refractivity contribution in [3.8, 4) is 11.5 Å². The van der Waals surface area contributed by atoms with Crippen LogP contribution in [-0.2, 0) is 6.61 Å². The Morgan fingerprint density at radius 1 is 1.15 bits per heavy atom. The Hall–Kier alpha value is -3.36. The molecule has 0 fully saturated rings. The lowest BCUT2D eigenvalue weighted by Crippen LogP contribution is -2.32. The SMILES string of the molecule is COc1cc(C=Nn2c(=O)[nH]c3ccccc3c2=O)c(Br)c(Cl)c1OCc1ccc(C)cc1. The molecule has 0 aliphatic heterocycles. The van der Waals surface area contributed by atoms with Crippen LogP contribution in [0.15, 0.2) is 73.8 Å². The summed E-state index contributed by atoms with van der Waals surface area (Å²) in [4.78, 5) is 27.7. The van der Waals surface area contributed by atoms with E-state index in [0.717, 1.165) is 15.8 Å². The Morgan fingerprint density at radius 2 is 1.88 bits per heavy atom. The second-order valence-corrected chi connectivity index (χ2v) is 8.41. The van der Waals surface area contributed by atoms with Gasteiger partial charge in [-0.15, -0.1) is 4.68 Å².